The van der Waals surface area contributed by atoms with Crippen LogP contribution in [0.4, 0.5) is 0 Å². The van der Waals surface area contributed by atoms with E-state index in [1.165, 1.54) is 0 Å². The molecule has 0 radical (unpaired) electrons. The van der Waals surface area contributed by atoms with E-state index in [4.69, 9.17) is 4.74 Å². The lowest BCUT2D eigenvalue weighted by Gasteiger charge is -2.19. The zero-order chi connectivity index (χ0) is 13.8. The molecule has 1 rings (SSSR count). The summed E-state index contributed by atoms with van der Waals surface area (Å²) in [5.41, 5.74) is 2.30. The summed E-state index contributed by atoms with van der Waals surface area (Å²) in [4.78, 5) is 11.8. The van der Waals surface area contributed by atoms with Gasteiger partial charge in [0.15, 0.2) is 0 Å². The molecule has 0 aliphatic heterocycles. The van der Waals surface area contributed by atoms with Crippen molar-refractivity contribution in [1.82, 2.24) is 0 Å². The van der Waals surface area contributed by atoms with Crippen molar-refractivity contribution >= 4 is 34.1 Å². The number of carbonyl (C=O) groups excluding carboxylic acids is 1. The third-order valence-corrected chi connectivity index (χ3v) is 2.86. The summed E-state index contributed by atoms with van der Waals surface area (Å²) in [6.07, 6.45) is 0.965. The molecule has 98 valence electrons. The van der Waals surface area contributed by atoms with Crippen molar-refractivity contribution in [1.29, 1.82) is 0 Å². The highest BCUT2D eigenvalue weighted by molar-refractivity contribution is 14.1. The van der Waals surface area contributed by atoms with Gasteiger partial charge >= 0.3 is 5.97 Å². The number of ether oxygens (including phenoxy) is 1. The Bertz CT molecular complexity index is 427. The lowest BCUT2D eigenvalue weighted by Crippen LogP contribution is -2.23. The largest absolute Gasteiger partial charge is 0.456 e. The Kier molecular flexibility index (Phi) is 5.38. The Hall–Kier alpha value is -0.840. The second kappa shape index (κ2) is 6.36. The van der Waals surface area contributed by atoms with E-state index in [0.29, 0.717) is 5.56 Å². The molecule has 0 spiro atoms. The van der Waals surface area contributed by atoms with Gasteiger partial charge in [-0.15, -0.1) is 0 Å². The molecule has 0 aliphatic carbocycles. The standard InChI is InChI=1S/C15H19IO2/c1-11(9-10-16)12-5-7-13(8-6-12)14(17)18-15(2,3)4/h5-8H,1,9-10H2,2-4H3. The summed E-state index contributed by atoms with van der Waals surface area (Å²) in [5, 5.41) is 0. The van der Waals surface area contributed by atoms with Gasteiger partial charge in [-0.05, 0) is 50.5 Å². The maximum atomic E-state index is 11.8. The highest BCUT2D eigenvalue weighted by atomic mass is 127. The summed E-state index contributed by atoms with van der Waals surface area (Å²) in [6, 6.07) is 7.44. The van der Waals surface area contributed by atoms with E-state index in [-0.39, 0.29) is 5.97 Å². The summed E-state index contributed by atoms with van der Waals surface area (Å²) in [6.45, 7) is 9.62. The van der Waals surface area contributed by atoms with Crippen LogP contribution >= 0.6 is 22.6 Å². The molecule has 0 saturated heterocycles. The lowest BCUT2D eigenvalue weighted by atomic mass is 10.0. The SMILES string of the molecule is C=C(CCI)c1ccc(C(=O)OC(C)(C)C)cc1. The maximum absolute atomic E-state index is 11.8. The lowest BCUT2D eigenvalue weighted by molar-refractivity contribution is 0.00695. The van der Waals surface area contributed by atoms with Crippen LogP contribution in [-0.2, 0) is 4.74 Å². The molecule has 0 fully saturated rings. The molecule has 1 aromatic rings. The van der Waals surface area contributed by atoms with Crippen molar-refractivity contribution in [2.75, 3.05) is 4.43 Å². The van der Waals surface area contributed by atoms with Crippen LogP contribution in [0.3, 0.4) is 0 Å². The Balaban J connectivity index is 2.77. The monoisotopic (exact) mass is 358 g/mol. The molecule has 0 amide bonds. The maximum Gasteiger partial charge on any atom is 0.338 e. The molecule has 0 aliphatic rings. The molecule has 0 atom stereocenters. The number of halogens is 1. The van der Waals surface area contributed by atoms with Crippen LogP contribution in [0.2, 0.25) is 0 Å². The fourth-order valence-electron chi connectivity index (χ4n) is 1.44. The van der Waals surface area contributed by atoms with Crippen LogP contribution in [0.5, 0.6) is 0 Å². The first-order valence-electron chi connectivity index (χ1n) is 5.91. The van der Waals surface area contributed by atoms with Gasteiger partial charge in [0, 0.05) is 4.43 Å². The second-order valence-electron chi connectivity index (χ2n) is 5.12. The Morgan fingerprint density at radius 1 is 1.22 bits per heavy atom. The predicted molar refractivity (Wildman–Crippen MR) is 84.1 cm³/mol. The van der Waals surface area contributed by atoms with Crippen LogP contribution < -0.4 is 0 Å². The van der Waals surface area contributed by atoms with Gasteiger partial charge in [-0.2, -0.15) is 0 Å². The molecule has 0 aromatic heterocycles. The van der Waals surface area contributed by atoms with E-state index >= 15 is 0 Å². The fourth-order valence-corrected chi connectivity index (χ4v) is 2.09. The topological polar surface area (TPSA) is 26.3 Å². The minimum Gasteiger partial charge on any atom is -0.456 e. The van der Waals surface area contributed by atoms with Crippen LogP contribution in [0.1, 0.15) is 43.1 Å². The number of hydrogen-bond acceptors (Lipinski definition) is 2. The van der Waals surface area contributed by atoms with Crippen molar-refractivity contribution in [2.24, 2.45) is 0 Å². The van der Waals surface area contributed by atoms with Gasteiger partial charge < -0.3 is 4.74 Å². The minimum absolute atomic E-state index is 0.284. The Labute approximate surface area is 123 Å². The number of benzene rings is 1. The highest BCUT2D eigenvalue weighted by Crippen LogP contribution is 2.19. The van der Waals surface area contributed by atoms with Crippen molar-refractivity contribution in [3.63, 3.8) is 0 Å². The predicted octanol–water partition coefficient (Wildman–Crippen LogP) is 4.48. The molecular weight excluding hydrogens is 339 g/mol. The van der Waals surface area contributed by atoms with Crippen LogP contribution in [0.25, 0.3) is 5.57 Å². The van der Waals surface area contributed by atoms with E-state index in [1.807, 2.05) is 32.9 Å². The third kappa shape index (κ3) is 4.80. The van der Waals surface area contributed by atoms with Gasteiger partial charge in [-0.3, -0.25) is 0 Å². The van der Waals surface area contributed by atoms with Gasteiger partial charge in [0.25, 0.3) is 0 Å². The van der Waals surface area contributed by atoms with Crippen molar-refractivity contribution in [3.8, 4) is 0 Å². The van der Waals surface area contributed by atoms with Gasteiger partial charge in [-0.1, -0.05) is 41.3 Å². The number of carbonyl (C=O) groups is 1. The first kappa shape index (κ1) is 15.2. The number of esters is 1. The van der Waals surface area contributed by atoms with Gasteiger partial charge in [0.05, 0.1) is 5.56 Å². The van der Waals surface area contributed by atoms with Crippen molar-refractivity contribution < 1.29 is 9.53 Å². The van der Waals surface area contributed by atoms with Crippen LogP contribution in [0, 0.1) is 0 Å². The van der Waals surface area contributed by atoms with E-state index in [9.17, 15) is 4.79 Å². The number of allylic oxidation sites excluding steroid dienone is 1. The summed E-state index contributed by atoms with van der Waals surface area (Å²) in [7, 11) is 0. The molecule has 0 heterocycles. The third-order valence-electron chi connectivity index (χ3n) is 2.32. The molecule has 1 aromatic carbocycles. The molecule has 0 bridgehead atoms. The number of rotatable bonds is 4. The van der Waals surface area contributed by atoms with E-state index in [2.05, 4.69) is 29.2 Å². The van der Waals surface area contributed by atoms with E-state index in [0.717, 1.165) is 22.0 Å². The van der Waals surface area contributed by atoms with E-state index in [1.54, 1.807) is 12.1 Å². The van der Waals surface area contributed by atoms with E-state index < -0.39 is 5.60 Å². The first-order chi connectivity index (χ1) is 8.33. The summed E-state index contributed by atoms with van der Waals surface area (Å²) >= 11 is 2.33. The second-order valence-corrected chi connectivity index (χ2v) is 6.20. The molecule has 2 nitrogen and oxygen atoms in total. The molecule has 18 heavy (non-hydrogen) atoms. The van der Waals surface area contributed by atoms with Crippen molar-refractivity contribution in [3.05, 3.63) is 42.0 Å². The normalized spacial score (nSPS) is 11.1. The molecule has 0 saturated carbocycles. The Morgan fingerprint density at radius 3 is 2.17 bits per heavy atom. The quantitative estimate of drug-likeness (QED) is 0.451. The fraction of sp³-hybridized carbons (Fsp3) is 0.400. The summed E-state index contributed by atoms with van der Waals surface area (Å²) < 4.78 is 6.36. The first-order valence-corrected chi connectivity index (χ1v) is 7.43. The van der Waals surface area contributed by atoms with Crippen LogP contribution in [0.15, 0.2) is 30.8 Å². The van der Waals surface area contributed by atoms with Crippen molar-refractivity contribution in [2.45, 2.75) is 32.8 Å². The highest BCUT2D eigenvalue weighted by Gasteiger charge is 2.17. The van der Waals surface area contributed by atoms with Gasteiger partial charge in [0.2, 0.25) is 0 Å². The average molecular weight is 358 g/mol. The molecule has 0 unspecified atom stereocenters. The molecule has 3 heteroatoms. The zero-order valence-corrected chi connectivity index (χ0v) is 13.3. The average Bonchev–Trinajstić information content (AvgIpc) is 2.27. The minimum atomic E-state index is -0.458. The zero-order valence-electron chi connectivity index (χ0n) is 11.1. The Morgan fingerprint density at radius 2 is 1.72 bits per heavy atom. The van der Waals surface area contributed by atoms with Gasteiger partial charge in [0.1, 0.15) is 5.60 Å². The number of alkyl halides is 1. The molecule has 0 N–H and O–H groups in total. The molecular formula is C15H19IO2. The smallest absolute Gasteiger partial charge is 0.338 e. The number of hydrogen-bond donors (Lipinski definition) is 0. The summed E-state index contributed by atoms with van der Waals surface area (Å²) in [5.74, 6) is -0.284. The van der Waals surface area contributed by atoms with Gasteiger partial charge in [-0.25, -0.2) is 4.79 Å². The van der Waals surface area contributed by atoms with Crippen LogP contribution in [-0.4, -0.2) is 16.0 Å².